The molecule has 16 heavy (non-hydrogen) atoms. The van der Waals surface area contributed by atoms with Crippen molar-refractivity contribution in [2.45, 2.75) is 29.8 Å². The fraction of sp³-hybridized carbons (Fsp3) is 0.571. The summed E-state index contributed by atoms with van der Waals surface area (Å²) in [5.41, 5.74) is 0. The zero-order valence-corrected chi connectivity index (χ0v) is 10.5. The van der Waals surface area contributed by atoms with Crippen LogP contribution in [0.5, 0.6) is 0 Å². The van der Waals surface area contributed by atoms with Gasteiger partial charge in [-0.2, -0.15) is 0 Å². The Hall–Kier alpha value is -0.730. The standard InChI is InChI=1S/C7H7ClN6S2/c8-6-10-9-5(16-6)3-15-7-11-12-13-14(7)4-1-2-4/h4H,1-3H2. The molecule has 0 aromatic carbocycles. The van der Waals surface area contributed by atoms with E-state index in [0.29, 0.717) is 16.3 Å². The van der Waals surface area contributed by atoms with Crippen molar-refractivity contribution < 1.29 is 0 Å². The van der Waals surface area contributed by atoms with Crippen molar-refractivity contribution >= 4 is 34.7 Å². The van der Waals surface area contributed by atoms with E-state index in [0.717, 1.165) is 10.2 Å². The molecule has 6 nitrogen and oxygen atoms in total. The average molecular weight is 275 g/mol. The lowest BCUT2D eigenvalue weighted by atomic mass is 10.7. The lowest BCUT2D eigenvalue weighted by molar-refractivity contribution is 0.565. The Bertz CT molecular complexity index is 493. The molecule has 0 spiro atoms. The topological polar surface area (TPSA) is 69.4 Å². The van der Waals surface area contributed by atoms with E-state index in [-0.39, 0.29) is 0 Å². The molecule has 1 aliphatic carbocycles. The second-order valence-electron chi connectivity index (χ2n) is 3.37. The first-order chi connectivity index (χ1) is 7.83. The van der Waals surface area contributed by atoms with Crippen molar-refractivity contribution in [1.82, 2.24) is 30.4 Å². The number of hydrogen-bond acceptors (Lipinski definition) is 7. The van der Waals surface area contributed by atoms with Crippen molar-refractivity contribution in [3.05, 3.63) is 9.47 Å². The van der Waals surface area contributed by atoms with Crippen LogP contribution in [0.2, 0.25) is 4.47 Å². The summed E-state index contributed by atoms with van der Waals surface area (Å²) in [6, 6.07) is 0.496. The summed E-state index contributed by atoms with van der Waals surface area (Å²) in [5.74, 6) is 0.706. The first-order valence-corrected chi connectivity index (χ1v) is 6.89. The number of halogens is 1. The first-order valence-electron chi connectivity index (χ1n) is 4.71. The molecule has 3 rings (SSSR count). The van der Waals surface area contributed by atoms with Gasteiger partial charge in [-0.15, -0.1) is 15.3 Å². The Morgan fingerprint density at radius 3 is 2.94 bits per heavy atom. The lowest BCUT2D eigenvalue weighted by Crippen LogP contribution is -1.98. The van der Waals surface area contributed by atoms with Crippen LogP contribution in [0.25, 0.3) is 0 Å². The zero-order chi connectivity index (χ0) is 11.0. The summed E-state index contributed by atoms with van der Waals surface area (Å²) in [6.45, 7) is 0. The van der Waals surface area contributed by atoms with Crippen LogP contribution in [0.4, 0.5) is 0 Å². The minimum absolute atomic E-state index is 0.470. The fourth-order valence-corrected chi connectivity index (χ4v) is 3.04. The van der Waals surface area contributed by atoms with Crippen LogP contribution in [-0.2, 0) is 5.75 Å². The van der Waals surface area contributed by atoms with Crippen LogP contribution in [0.1, 0.15) is 23.9 Å². The largest absolute Gasteiger partial charge is 0.217 e. The maximum Gasteiger partial charge on any atom is 0.209 e. The molecule has 0 aliphatic heterocycles. The molecule has 0 amide bonds. The fourth-order valence-electron chi connectivity index (χ4n) is 1.25. The third-order valence-electron chi connectivity index (χ3n) is 2.12. The molecule has 84 valence electrons. The normalized spacial score (nSPS) is 15.6. The van der Waals surface area contributed by atoms with Crippen molar-refractivity contribution in [1.29, 1.82) is 0 Å². The highest BCUT2D eigenvalue weighted by atomic mass is 35.5. The van der Waals surface area contributed by atoms with Crippen LogP contribution < -0.4 is 0 Å². The molecule has 0 saturated heterocycles. The molecular weight excluding hydrogens is 268 g/mol. The van der Waals surface area contributed by atoms with E-state index in [4.69, 9.17) is 11.6 Å². The molecule has 1 aliphatic rings. The number of nitrogens with zero attached hydrogens (tertiary/aromatic N) is 6. The third kappa shape index (κ3) is 2.18. The summed E-state index contributed by atoms with van der Waals surface area (Å²) < 4.78 is 2.35. The highest BCUT2D eigenvalue weighted by Crippen LogP contribution is 2.37. The van der Waals surface area contributed by atoms with E-state index < -0.39 is 0 Å². The molecule has 0 atom stereocenters. The smallest absolute Gasteiger partial charge is 0.209 e. The molecule has 2 heterocycles. The minimum Gasteiger partial charge on any atom is -0.217 e. The molecule has 0 N–H and O–H groups in total. The molecule has 0 radical (unpaired) electrons. The summed E-state index contributed by atoms with van der Waals surface area (Å²) in [4.78, 5) is 0. The van der Waals surface area contributed by atoms with Gasteiger partial charge in [0, 0.05) is 0 Å². The van der Waals surface area contributed by atoms with Gasteiger partial charge in [0.15, 0.2) is 0 Å². The van der Waals surface area contributed by atoms with Crippen LogP contribution in [0.15, 0.2) is 5.16 Å². The van der Waals surface area contributed by atoms with Gasteiger partial charge in [0.2, 0.25) is 9.62 Å². The third-order valence-corrected chi connectivity index (χ3v) is 4.27. The van der Waals surface area contributed by atoms with Crippen LogP contribution in [-0.4, -0.2) is 30.4 Å². The highest BCUT2D eigenvalue weighted by Gasteiger charge is 2.27. The van der Waals surface area contributed by atoms with Gasteiger partial charge in [0.1, 0.15) is 5.01 Å². The van der Waals surface area contributed by atoms with Crippen LogP contribution in [0, 0.1) is 0 Å². The van der Waals surface area contributed by atoms with E-state index in [1.807, 2.05) is 4.68 Å². The molecule has 9 heteroatoms. The molecule has 2 aromatic heterocycles. The molecule has 1 saturated carbocycles. The second kappa shape index (κ2) is 4.27. The van der Waals surface area contributed by atoms with Gasteiger partial charge < -0.3 is 0 Å². The van der Waals surface area contributed by atoms with E-state index in [1.165, 1.54) is 24.2 Å². The van der Waals surface area contributed by atoms with Crippen molar-refractivity contribution in [3.8, 4) is 0 Å². The Balaban J connectivity index is 1.67. The number of tetrazole rings is 1. The van der Waals surface area contributed by atoms with Gasteiger partial charge in [0.05, 0.1) is 11.8 Å². The van der Waals surface area contributed by atoms with Gasteiger partial charge >= 0.3 is 0 Å². The van der Waals surface area contributed by atoms with Crippen molar-refractivity contribution in [2.24, 2.45) is 0 Å². The molecule has 2 aromatic rings. The molecular formula is C7H7ClN6S2. The van der Waals surface area contributed by atoms with Gasteiger partial charge in [-0.3, -0.25) is 0 Å². The predicted octanol–water partition coefficient (Wildman–Crippen LogP) is 1.81. The monoisotopic (exact) mass is 274 g/mol. The average Bonchev–Trinajstić information content (AvgIpc) is 2.86. The summed E-state index contributed by atoms with van der Waals surface area (Å²) >= 11 is 8.65. The first kappa shape index (κ1) is 10.4. The molecule has 1 fully saturated rings. The van der Waals surface area contributed by atoms with Crippen molar-refractivity contribution in [3.63, 3.8) is 0 Å². The maximum absolute atomic E-state index is 5.70. The van der Waals surface area contributed by atoms with Gasteiger partial charge in [-0.05, 0) is 34.9 Å². The zero-order valence-electron chi connectivity index (χ0n) is 8.08. The maximum atomic E-state index is 5.70. The summed E-state index contributed by atoms with van der Waals surface area (Å²) in [7, 11) is 0. The molecule has 0 unspecified atom stereocenters. The van der Waals surface area contributed by atoms with E-state index in [2.05, 4.69) is 25.7 Å². The molecule has 0 bridgehead atoms. The van der Waals surface area contributed by atoms with E-state index >= 15 is 0 Å². The Morgan fingerprint density at radius 2 is 2.25 bits per heavy atom. The van der Waals surface area contributed by atoms with Crippen LogP contribution >= 0.6 is 34.7 Å². The number of aromatic nitrogens is 6. The van der Waals surface area contributed by atoms with Crippen LogP contribution in [0.3, 0.4) is 0 Å². The Labute approximate surface area is 104 Å². The second-order valence-corrected chi connectivity index (χ2v) is 5.96. The summed E-state index contributed by atoms with van der Waals surface area (Å²) in [6.07, 6.45) is 2.34. The minimum atomic E-state index is 0.470. The predicted molar refractivity (Wildman–Crippen MR) is 60.6 cm³/mol. The SMILES string of the molecule is Clc1nnc(CSc2nnnn2C2CC2)s1. The number of hydrogen-bond donors (Lipinski definition) is 0. The highest BCUT2D eigenvalue weighted by molar-refractivity contribution is 7.98. The van der Waals surface area contributed by atoms with E-state index in [1.54, 1.807) is 11.8 Å². The number of rotatable bonds is 4. The quantitative estimate of drug-likeness (QED) is 0.792. The van der Waals surface area contributed by atoms with E-state index in [9.17, 15) is 0 Å². The van der Waals surface area contributed by atoms with Gasteiger partial charge in [0.25, 0.3) is 0 Å². The van der Waals surface area contributed by atoms with Gasteiger partial charge in [-0.1, -0.05) is 23.1 Å². The number of thioether (sulfide) groups is 1. The summed E-state index contributed by atoms with van der Waals surface area (Å²) in [5, 5.41) is 21.1. The van der Waals surface area contributed by atoms with Crippen molar-refractivity contribution in [2.75, 3.05) is 0 Å². The Morgan fingerprint density at radius 1 is 1.38 bits per heavy atom. The van der Waals surface area contributed by atoms with Gasteiger partial charge in [-0.25, -0.2) is 4.68 Å². The lowest BCUT2D eigenvalue weighted by Gasteiger charge is -1.99. The Kier molecular flexibility index (Phi) is 2.78.